The van der Waals surface area contributed by atoms with Gasteiger partial charge in [0.1, 0.15) is 5.75 Å². The third-order valence-electron chi connectivity index (χ3n) is 4.12. The predicted octanol–water partition coefficient (Wildman–Crippen LogP) is 3.48. The number of nitrogens with one attached hydrogen (secondary N) is 2. The fraction of sp³-hybridized carbons (Fsp3) is 0.333. The van der Waals surface area contributed by atoms with Crippen molar-refractivity contribution < 1.29 is 13.5 Å². The second-order valence-corrected chi connectivity index (χ2v) is 5.60. The number of ether oxygens (including phenoxy) is 1. The first-order valence-electron chi connectivity index (χ1n) is 7.78. The second-order valence-electron chi connectivity index (χ2n) is 5.60. The molecule has 2 N–H and O–H groups in total. The molecule has 3 rings (SSSR count). The largest absolute Gasteiger partial charge is 0.434 e. The molecule has 0 aromatic heterocycles. The maximum Gasteiger partial charge on any atom is 0.387 e. The minimum absolute atomic E-state index is 0.234. The monoisotopic (exact) mass is 318 g/mol. The summed E-state index contributed by atoms with van der Waals surface area (Å²) >= 11 is 0. The maximum absolute atomic E-state index is 12.5. The Morgan fingerprint density at radius 1 is 1.09 bits per heavy atom. The Morgan fingerprint density at radius 2 is 1.83 bits per heavy atom. The van der Waals surface area contributed by atoms with Crippen molar-refractivity contribution in [2.45, 2.75) is 31.7 Å². The molecule has 0 bridgehead atoms. The molecular formula is C18H20F2N2O. The smallest absolute Gasteiger partial charge is 0.387 e. The number of hydrogen-bond donors (Lipinski definition) is 2. The highest BCUT2D eigenvalue weighted by Gasteiger charge is 2.27. The van der Waals surface area contributed by atoms with E-state index < -0.39 is 6.61 Å². The van der Waals surface area contributed by atoms with Gasteiger partial charge >= 0.3 is 6.61 Å². The van der Waals surface area contributed by atoms with Crippen LogP contribution in [-0.2, 0) is 6.54 Å². The van der Waals surface area contributed by atoms with Gasteiger partial charge in [-0.1, -0.05) is 48.5 Å². The minimum Gasteiger partial charge on any atom is -0.434 e. The Balaban J connectivity index is 1.66. The van der Waals surface area contributed by atoms with Gasteiger partial charge in [-0.25, -0.2) is 0 Å². The Bertz CT molecular complexity index is 621. The molecule has 0 aliphatic carbocycles. The van der Waals surface area contributed by atoms with Gasteiger partial charge in [-0.3, -0.25) is 0 Å². The highest BCUT2D eigenvalue weighted by Crippen LogP contribution is 2.25. The van der Waals surface area contributed by atoms with Crippen molar-refractivity contribution in [1.82, 2.24) is 10.6 Å². The van der Waals surface area contributed by atoms with Crippen molar-refractivity contribution in [3.8, 4) is 5.75 Å². The van der Waals surface area contributed by atoms with Gasteiger partial charge < -0.3 is 15.4 Å². The lowest BCUT2D eigenvalue weighted by Gasteiger charge is -2.22. The number of alkyl halides is 2. The third-order valence-corrected chi connectivity index (χ3v) is 4.12. The van der Waals surface area contributed by atoms with Crippen molar-refractivity contribution in [2.75, 3.05) is 6.54 Å². The molecule has 0 spiro atoms. The first-order valence-corrected chi connectivity index (χ1v) is 7.78. The number of hydrogen-bond acceptors (Lipinski definition) is 3. The van der Waals surface area contributed by atoms with Crippen molar-refractivity contribution in [3.63, 3.8) is 0 Å². The highest BCUT2D eigenvalue weighted by atomic mass is 19.3. The van der Waals surface area contributed by atoms with Crippen molar-refractivity contribution in [3.05, 3.63) is 65.7 Å². The zero-order chi connectivity index (χ0) is 16.1. The third kappa shape index (κ3) is 4.06. The fourth-order valence-electron chi connectivity index (χ4n) is 3.04. The van der Waals surface area contributed by atoms with Crippen LogP contribution in [0.2, 0.25) is 0 Å². The summed E-state index contributed by atoms with van der Waals surface area (Å²) in [5.74, 6) is 0.234. The molecule has 2 atom stereocenters. The molecule has 1 saturated heterocycles. The van der Waals surface area contributed by atoms with E-state index in [0.29, 0.717) is 6.54 Å². The normalized spacial score (nSPS) is 20.8. The van der Waals surface area contributed by atoms with E-state index in [0.717, 1.165) is 18.5 Å². The molecular weight excluding hydrogens is 298 g/mol. The van der Waals surface area contributed by atoms with Gasteiger partial charge in [-0.15, -0.1) is 0 Å². The molecule has 0 radical (unpaired) electrons. The van der Waals surface area contributed by atoms with Gasteiger partial charge in [0.2, 0.25) is 0 Å². The molecule has 2 aromatic carbocycles. The molecule has 0 unspecified atom stereocenters. The van der Waals surface area contributed by atoms with Crippen molar-refractivity contribution >= 4 is 0 Å². The van der Waals surface area contributed by atoms with Crippen molar-refractivity contribution in [2.24, 2.45) is 0 Å². The Kier molecular flexibility index (Phi) is 5.20. The summed E-state index contributed by atoms with van der Waals surface area (Å²) in [5.41, 5.74) is 1.98. The van der Waals surface area contributed by atoms with Gasteiger partial charge in [-0.2, -0.15) is 8.78 Å². The van der Waals surface area contributed by atoms with Crippen LogP contribution in [0.4, 0.5) is 8.78 Å². The van der Waals surface area contributed by atoms with Gasteiger partial charge in [-0.05, 0) is 24.6 Å². The Labute approximate surface area is 134 Å². The lowest BCUT2D eigenvalue weighted by molar-refractivity contribution is -0.0505. The molecule has 1 aliphatic rings. The summed E-state index contributed by atoms with van der Waals surface area (Å²) in [4.78, 5) is 0. The molecule has 0 saturated carbocycles. The lowest BCUT2D eigenvalue weighted by atomic mass is 10.0. The number of benzene rings is 2. The predicted molar refractivity (Wildman–Crippen MR) is 85.5 cm³/mol. The second kappa shape index (κ2) is 7.53. The van der Waals surface area contributed by atoms with Crippen molar-refractivity contribution in [1.29, 1.82) is 0 Å². The van der Waals surface area contributed by atoms with Crippen LogP contribution in [0.5, 0.6) is 5.75 Å². The zero-order valence-corrected chi connectivity index (χ0v) is 12.7. The molecule has 122 valence electrons. The van der Waals surface area contributed by atoms with Crippen LogP contribution in [0.1, 0.15) is 23.6 Å². The molecule has 1 fully saturated rings. The Hall–Kier alpha value is -1.98. The highest BCUT2D eigenvalue weighted by molar-refractivity contribution is 5.33. The molecule has 1 aliphatic heterocycles. The number of para-hydroxylation sites is 1. The van der Waals surface area contributed by atoms with E-state index in [1.807, 2.05) is 30.3 Å². The average molecular weight is 318 g/mol. The maximum atomic E-state index is 12.5. The van der Waals surface area contributed by atoms with Crippen LogP contribution >= 0.6 is 0 Å². The van der Waals surface area contributed by atoms with Crippen LogP contribution in [0.3, 0.4) is 0 Å². The summed E-state index contributed by atoms with van der Waals surface area (Å²) in [6.45, 7) is -1.37. The van der Waals surface area contributed by atoms with E-state index in [4.69, 9.17) is 0 Å². The van der Waals surface area contributed by atoms with Gasteiger partial charge in [0.05, 0.1) is 0 Å². The molecule has 0 amide bonds. The van der Waals surface area contributed by atoms with E-state index in [2.05, 4.69) is 27.5 Å². The lowest BCUT2D eigenvalue weighted by Crippen LogP contribution is -2.34. The van der Waals surface area contributed by atoms with Crippen LogP contribution < -0.4 is 15.4 Å². The van der Waals surface area contributed by atoms with Gasteiger partial charge in [0.15, 0.2) is 0 Å². The quantitative estimate of drug-likeness (QED) is 0.855. The molecule has 23 heavy (non-hydrogen) atoms. The van der Waals surface area contributed by atoms with E-state index in [9.17, 15) is 8.78 Å². The summed E-state index contributed by atoms with van der Waals surface area (Å²) in [6.07, 6.45) is 0.997. The van der Waals surface area contributed by atoms with Crippen LogP contribution in [0.15, 0.2) is 54.6 Å². The van der Waals surface area contributed by atoms with Crippen LogP contribution in [0.25, 0.3) is 0 Å². The van der Waals surface area contributed by atoms with E-state index in [-0.39, 0.29) is 17.8 Å². The average Bonchev–Trinajstić information content (AvgIpc) is 3.03. The van der Waals surface area contributed by atoms with E-state index >= 15 is 0 Å². The number of rotatable bonds is 6. The van der Waals surface area contributed by atoms with E-state index in [1.165, 1.54) is 5.56 Å². The Morgan fingerprint density at radius 3 is 2.61 bits per heavy atom. The summed E-state index contributed by atoms with van der Waals surface area (Å²) in [7, 11) is 0. The van der Waals surface area contributed by atoms with Gasteiger partial charge in [0.25, 0.3) is 0 Å². The minimum atomic E-state index is -2.80. The molecule has 1 heterocycles. The topological polar surface area (TPSA) is 33.3 Å². The standard InChI is InChI=1S/C18H20F2N2O/c19-18(20)23-16-9-5-4-8-14(16)12-22-15-10-11-21-17(15)13-6-2-1-3-7-13/h1-9,15,17-18,21-22H,10-12H2/t15-,17-/m1/s1. The zero-order valence-electron chi connectivity index (χ0n) is 12.7. The first-order chi connectivity index (χ1) is 11.2. The summed E-state index contributed by atoms with van der Waals surface area (Å²) in [6, 6.07) is 17.7. The van der Waals surface area contributed by atoms with Crippen LogP contribution in [-0.4, -0.2) is 19.2 Å². The SMILES string of the molecule is FC(F)Oc1ccccc1CN[C@@H]1CCN[C@@H]1c1ccccc1. The molecule has 5 heteroatoms. The molecule has 2 aromatic rings. The van der Waals surface area contributed by atoms with Crippen LogP contribution in [0, 0.1) is 0 Å². The summed E-state index contributed by atoms with van der Waals surface area (Å²) < 4.78 is 29.5. The summed E-state index contributed by atoms with van der Waals surface area (Å²) in [5, 5.41) is 6.97. The van der Waals surface area contributed by atoms with E-state index in [1.54, 1.807) is 12.1 Å². The fourth-order valence-corrected chi connectivity index (χ4v) is 3.04. The number of halogens is 2. The van der Waals surface area contributed by atoms with Gasteiger partial charge in [0, 0.05) is 24.2 Å². The molecule has 3 nitrogen and oxygen atoms in total. The first kappa shape index (κ1) is 15.9.